The van der Waals surface area contributed by atoms with Crippen molar-refractivity contribution in [2.45, 2.75) is 30.8 Å². The second-order valence-electron chi connectivity index (χ2n) is 5.78. The van der Waals surface area contributed by atoms with Gasteiger partial charge >= 0.3 is 5.97 Å². The quantitative estimate of drug-likeness (QED) is 0.636. The number of sulfonamides is 1. The fraction of sp³-hybridized carbons (Fsp3) is 0.278. The molecule has 0 spiro atoms. The van der Waals surface area contributed by atoms with Crippen molar-refractivity contribution in [2.75, 3.05) is 6.54 Å². The van der Waals surface area contributed by atoms with Crippen LogP contribution in [0.1, 0.15) is 29.3 Å². The van der Waals surface area contributed by atoms with Crippen LogP contribution in [0.2, 0.25) is 0 Å². The van der Waals surface area contributed by atoms with Gasteiger partial charge in [-0.05, 0) is 43.2 Å². The first kappa shape index (κ1) is 19.1. The van der Waals surface area contributed by atoms with E-state index in [4.69, 9.17) is 5.11 Å². The van der Waals surface area contributed by atoms with E-state index in [9.17, 15) is 13.2 Å². The number of hydrogen-bond acceptors (Lipinski definition) is 4. The molecule has 2 aromatic rings. The van der Waals surface area contributed by atoms with Crippen molar-refractivity contribution < 1.29 is 18.3 Å². The summed E-state index contributed by atoms with van der Waals surface area (Å²) in [5.41, 5.74) is 1.23. The molecule has 134 valence electrons. The SMILES string of the molecule is CC(CCNS(=O)(=O)c1ccccc1)NCc1ccc(C(=O)O)cc1. The molecule has 25 heavy (non-hydrogen) atoms. The highest BCUT2D eigenvalue weighted by atomic mass is 32.2. The fourth-order valence-electron chi connectivity index (χ4n) is 2.25. The van der Waals surface area contributed by atoms with Gasteiger partial charge in [0.05, 0.1) is 10.5 Å². The zero-order valence-corrected chi connectivity index (χ0v) is 14.8. The molecule has 0 bridgehead atoms. The molecule has 7 heteroatoms. The van der Waals surface area contributed by atoms with Crippen LogP contribution in [0.5, 0.6) is 0 Å². The van der Waals surface area contributed by atoms with E-state index in [2.05, 4.69) is 10.0 Å². The number of rotatable bonds is 9. The molecule has 6 nitrogen and oxygen atoms in total. The molecule has 0 aliphatic heterocycles. The molecule has 0 aromatic heterocycles. The standard InChI is InChI=1S/C18H22N2O4S/c1-14(19-13-15-7-9-16(10-8-15)18(21)22)11-12-20-25(23,24)17-5-3-2-4-6-17/h2-10,14,19-20H,11-13H2,1H3,(H,21,22). The number of carboxylic acids is 1. The van der Waals surface area contributed by atoms with Gasteiger partial charge in [0.1, 0.15) is 0 Å². The molecular formula is C18H22N2O4S. The molecule has 0 radical (unpaired) electrons. The molecule has 0 saturated carbocycles. The van der Waals surface area contributed by atoms with Crippen LogP contribution in [0.4, 0.5) is 0 Å². The Morgan fingerprint density at radius 1 is 1.08 bits per heavy atom. The number of benzene rings is 2. The van der Waals surface area contributed by atoms with Crippen molar-refractivity contribution >= 4 is 16.0 Å². The number of hydrogen-bond donors (Lipinski definition) is 3. The molecular weight excluding hydrogens is 340 g/mol. The molecule has 3 N–H and O–H groups in total. The Labute approximate surface area is 147 Å². The van der Waals surface area contributed by atoms with Crippen molar-refractivity contribution in [3.05, 3.63) is 65.7 Å². The summed E-state index contributed by atoms with van der Waals surface area (Å²) in [6.45, 7) is 2.90. The van der Waals surface area contributed by atoms with Crippen LogP contribution in [0.25, 0.3) is 0 Å². The minimum atomic E-state index is -3.47. The minimum Gasteiger partial charge on any atom is -0.478 e. The van der Waals surface area contributed by atoms with Gasteiger partial charge in [0.25, 0.3) is 0 Å². The van der Waals surface area contributed by atoms with Crippen LogP contribution in [-0.4, -0.2) is 32.1 Å². The lowest BCUT2D eigenvalue weighted by Crippen LogP contribution is -2.32. The summed E-state index contributed by atoms with van der Waals surface area (Å²) >= 11 is 0. The average Bonchev–Trinajstić information content (AvgIpc) is 2.61. The van der Waals surface area contributed by atoms with Gasteiger partial charge in [-0.25, -0.2) is 17.9 Å². The summed E-state index contributed by atoms with van der Waals surface area (Å²) in [5, 5.41) is 12.2. The van der Waals surface area contributed by atoms with Crippen molar-refractivity contribution in [3.63, 3.8) is 0 Å². The maximum Gasteiger partial charge on any atom is 0.335 e. The van der Waals surface area contributed by atoms with Gasteiger partial charge in [-0.2, -0.15) is 0 Å². The lowest BCUT2D eigenvalue weighted by Gasteiger charge is -2.14. The number of nitrogens with one attached hydrogen (secondary N) is 2. The summed E-state index contributed by atoms with van der Waals surface area (Å²) in [6.07, 6.45) is 0.638. The fourth-order valence-corrected chi connectivity index (χ4v) is 3.32. The molecule has 2 aromatic carbocycles. The number of carboxylic acid groups (broad SMARTS) is 1. The smallest absolute Gasteiger partial charge is 0.335 e. The molecule has 1 atom stereocenters. The monoisotopic (exact) mass is 362 g/mol. The van der Waals surface area contributed by atoms with E-state index in [-0.39, 0.29) is 16.5 Å². The van der Waals surface area contributed by atoms with Gasteiger partial charge in [0.15, 0.2) is 0 Å². The van der Waals surface area contributed by atoms with Gasteiger partial charge in [0, 0.05) is 19.1 Å². The van der Waals surface area contributed by atoms with Gasteiger partial charge < -0.3 is 10.4 Å². The maximum absolute atomic E-state index is 12.1. The highest BCUT2D eigenvalue weighted by Gasteiger charge is 2.13. The maximum atomic E-state index is 12.1. The summed E-state index contributed by atoms with van der Waals surface area (Å²) in [4.78, 5) is 11.1. The lowest BCUT2D eigenvalue weighted by atomic mass is 10.1. The molecule has 0 fully saturated rings. The van der Waals surface area contributed by atoms with E-state index in [1.54, 1.807) is 54.6 Å². The number of aromatic carboxylic acids is 1. The van der Waals surface area contributed by atoms with Crippen molar-refractivity contribution in [1.29, 1.82) is 0 Å². The van der Waals surface area contributed by atoms with Crippen molar-refractivity contribution in [3.8, 4) is 0 Å². The largest absolute Gasteiger partial charge is 0.478 e. The molecule has 0 saturated heterocycles. The second-order valence-corrected chi connectivity index (χ2v) is 7.55. The first-order chi connectivity index (χ1) is 11.9. The lowest BCUT2D eigenvalue weighted by molar-refractivity contribution is 0.0697. The zero-order chi connectivity index (χ0) is 18.3. The van der Waals surface area contributed by atoms with Gasteiger partial charge in [0.2, 0.25) is 10.0 Å². The normalized spacial score (nSPS) is 12.7. The molecule has 0 aliphatic carbocycles. The van der Waals surface area contributed by atoms with Gasteiger partial charge in [-0.3, -0.25) is 0 Å². The van der Waals surface area contributed by atoms with Gasteiger partial charge in [-0.1, -0.05) is 30.3 Å². The van der Waals surface area contributed by atoms with Crippen LogP contribution in [0.3, 0.4) is 0 Å². The number of carbonyl (C=O) groups is 1. The third-order valence-corrected chi connectivity index (χ3v) is 5.26. The topological polar surface area (TPSA) is 95.5 Å². The average molecular weight is 362 g/mol. The van der Waals surface area contributed by atoms with Crippen LogP contribution in [0.15, 0.2) is 59.5 Å². The van der Waals surface area contributed by atoms with E-state index >= 15 is 0 Å². The van der Waals surface area contributed by atoms with E-state index in [0.29, 0.717) is 19.5 Å². The molecule has 0 aliphatic rings. The minimum absolute atomic E-state index is 0.109. The molecule has 2 rings (SSSR count). The summed E-state index contributed by atoms with van der Waals surface area (Å²) in [5.74, 6) is -0.946. The third kappa shape index (κ3) is 5.97. The summed E-state index contributed by atoms with van der Waals surface area (Å²) in [6, 6.07) is 15.0. The van der Waals surface area contributed by atoms with Crippen LogP contribution in [-0.2, 0) is 16.6 Å². The van der Waals surface area contributed by atoms with E-state index in [1.807, 2.05) is 6.92 Å². The molecule has 0 heterocycles. The Kier molecular flexibility index (Phi) is 6.69. The molecule has 1 unspecified atom stereocenters. The predicted octanol–water partition coefficient (Wildman–Crippen LogP) is 2.23. The first-order valence-corrected chi connectivity index (χ1v) is 9.47. The van der Waals surface area contributed by atoms with Gasteiger partial charge in [-0.15, -0.1) is 0 Å². The Hall–Kier alpha value is -2.22. The summed E-state index contributed by atoms with van der Waals surface area (Å²) in [7, 11) is -3.47. The van der Waals surface area contributed by atoms with Crippen molar-refractivity contribution in [2.24, 2.45) is 0 Å². The third-order valence-electron chi connectivity index (χ3n) is 3.78. The summed E-state index contributed by atoms with van der Waals surface area (Å²) < 4.78 is 26.8. The van der Waals surface area contributed by atoms with E-state index < -0.39 is 16.0 Å². The zero-order valence-electron chi connectivity index (χ0n) is 14.0. The van der Waals surface area contributed by atoms with Crippen LogP contribution < -0.4 is 10.0 Å². The highest BCUT2D eigenvalue weighted by Crippen LogP contribution is 2.08. The van der Waals surface area contributed by atoms with E-state index in [0.717, 1.165) is 5.56 Å². The Morgan fingerprint density at radius 2 is 1.72 bits per heavy atom. The Morgan fingerprint density at radius 3 is 2.32 bits per heavy atom. The van der Waals surface area contributed by atoms with Crippen molar-refractivity contribution in [1.82, 2.24) is 10.0 Å². The van der Waals surface area contributed by atoms with Crippen LogP contribution in [0, 0.1) is 0 Å². The Balaban J connectivity index is 1.75. The molecule has 0 amide bonds. The highest BCUT2D eigenvalue weighted by molar-refractivity contribution is 7.89. The van der Waals surface area contributed by atoms with E-state index in [1.165, 1.54) is 0 Å². The predicted molar refractivity (Wildman–Crippen MR) is 96.0 cm³/mol. The second kappa shape index (κ2) is 8.75. The Bertz CT molecular complexity index is 790. The first-order valence-electron chi connectivity index (χ1n) is 7.99. The van der Waals surface area contributed by atoms with Crippen LogP contribution >= 0.6 is 0 Å².